The normalized spacial score (nSPS) is 24.7. The smallest absolute Gasteiger partial charge is 0.281 e. The summed E-state index contributed by atoms with van der Waals surface area (Å²) in [6.07, 6.45) is 0.629. The maximum Gasteiger partial charge on any atom is 0.281 e. The van der Waals surface area contributed by atoms with Gasteiger partial charge in [-0.15, -0.1) is 0 Å². The van der Waals surface area contributed by atoms with Crippen LogP contribution in [0.4, 0.5) is 5.69 Å². The number of hydrogen-bond donors (Lipinski definition) is 2. The van der Waals surface area contributed by atoms with Gasteiger partial charge in [0, 0.05) is 5.69 Å². The van der Waals surface area contributed by atoms with Gasteiger partial charge in [-0.3, -0.25) is 10.0 Å². The minimum absolute atomic E-state index is 0.353. The summed E-state index contributed by atoms with van der Waals surface area (Å²) in [6, 6.07) is 7.18. The Balaban J connectivity index is 2.50. The third-order valence-electron chi connectivity index (χ3n) is 2.91. The second-order valence-electron chi connectivity index (χ2n) is 3.91. The monoisotopic (exact) mass is 206 g/mol. The molecule has 0 radical (unpaired) electrons. The van der Waals surface area contributed by atoms with E-state index in [1.54, 1.807) is 19.1 Å². The van der Waals surface area contributed by atoms with Crippen LogP contribution in [-0.4, -0.2) is 21.8 Å². The Kier molecular flexibility index (Phi) is 2.16. The summed E-state index contributed by atoms with van der Waals surface area (Å²) >= 11 is 0. The molecule has 1 aromatic carbocycles. The summed E-state index contributed by atoms with van der Waals surface area (Å²) in [5.74, 6) is -0.353. The molecule has 0 aliphatic carbocycles. The number of para-hydroxylation sites is 1. The lowest BCUT2D eigenvalue weighted by Crippen LogP contribution is -2.56. The topological polar surface area (TPSA) is 52.6 Å². The van der Waals surface area contributed by atoms with Crippen molar-refractivity contribution in [2.24, 2.45) is 0 Å². The number of hydroxylamine groups is 2. The van der Waals surface area contributed by atoms with Crippen LogP contribution in [-0.2, 0) is 0 Å². The van der Waals surface area contributed by atoms with Gasteiger partial charge >= 0.3 is 0 Å². The third kappa shape index (κ3) is 1.37. The summed E-state index contributed by atoms with van der Waals surface area (Å²) in [6.45, 7) is 3.71. The fourth-order valence-corrected chi connectivity index (χ4v) is 1.70. The Morgan fingerprint density at radius 1 is 1.47 bits per heavy atom. The number of nitrogens with one attached hydrogen (secondary N) is 1. The molecule has 0 saturated carbocycles. The Bertz CT molecular complexity index is 405. The number of benzene rings is 1. The molecule has 2 rings (SSSR count). The van der Waals surface area contributed by atoms with Gasteiger partial charge in [-0.1, -0.05) is 19.1 Å². The highest BCUT2D eigenvalue weighted by molar-refractivity contribution is 6.01. The van der Waals surface area contributed by atoms with Crippen LogP contribution in [0.5, 0.6) is 0 Å². The summed E-state index contributed by atoms with van der Waals surface area (Å²) < 4.78 is 0. The zero-order valence-electron chi connectivity index (χ0n) is 8.82. The number of hydrogen-bond acceptors (Lipinski definition) is 3. The molecule has 1 amide bonds. The van der Waals surface area contributed by atoms with Gasteiger partial charge in [-0.2, -0.15) is 5.06 Å². The number of fused-ring (bicyclic) bond motifs is 1. The molecule has 1 aliphatic rings. The van der Waals surface area contributed by atoms with E-state index in [1.807, 2.05) is 19.1 Å². The van der Waals surface area contributed by atoms with Crippen molar-refractivity contribution in [2.45, 2.75) is 25.9 Å². The minimum atomic E-state index is -0.717. The summed E-state index contributed by atoms with van der Waals surface area (Å²) in [7, 11) is 0. The van der Waals surface area contributed by atoms with E-state index in [4.69, 9.17) is 0 Å². The number of carbonyl (C=O) groups is 1. The van der Waals surface area contributed by atoms with Gasteiger partial charge in [-0.25, -0.2) is 0 Å². The molecule has 1 aromatic rings. The molecule has 4 heteroatoms. The SMILES string of the molecule is CC[C@@]1(C)Nc2ccccc2C(=O)N1O. The van der Waals surface area contributed by atoms with Gasteiger partial charge in [0.1, 0.15) is 5.66 Å². The van der Waals surface area contributed by atoms with E-state index in [2.05, 4.69) is 5.32 Å². The Labute approximate surface area is 88.5 Å². The maximum atomic E-state index is 11.8. The second kappa shape index (κ2) is 3.24. The zero-order valence-corrected chi connectivity index (χ0v) is 8.82. The molecule has 0 spiro atoms. The van der Waals surface area contributed by atoms with Crippen LogP contribution in [0.15, 0.2) is 24.3 Å². The van der Waals surface area contributed by atoms with E-state index in [0.29, 0.717) is 12.0 Å². The molecule has 1 aliphatic heterocycles. The quantitative estimate of drug-likeness (QED) is 0.691. The van der Waals surface area contributed by atoms with Crippen molar-refractivity contribution in [3.63, 3.8) is 0 Å². The van der Waals surface area contributed by atoms with Crippen LogP contribution in [0.25, 0.3) is 0 Å². The van der Waals surface area contributed by atoms with Crippen LogP contribution in [0.1, 0.15) is 30.6 Å². The fourth-order valence-electron chi connectivity index (χ4n) is 1.70. The summed E-state index contributed by atoms with van der Waals surface area (Å²) in [4.78, 5) is 11.8. The van der Waals surface area contributed by atoms with Crippen LogP contribution in [0.3, 0.4) is 0 Å². The van der Waals surface area contributed by atoms with Gasteiger partial charge in [0.2, 0.25) is 0 Å². The van der Waals surface area contributed by atoms with Gasteiger partial charge in [-0.05, 0) is 25.5 Å². The average molecular weight is 206 g/mol. The van der Waals surface area contributed by atoms with Crippen molar-refractivity contribution >= 4 is 11.6 Å². The predicted octanol–water partition coefficient (Wildman–Crippen LogP) is 2.07. The van der Waals surface area contributed by atoms with Gasteiger partial charge < -0.3 is 5.32 Å². The lowest BCUT2D eigenvalue weighted by atomic mass is 10.0. The van der Waals surface area contributed by atoms with Crippen LogP contribution >= 0.6 is 0 Å². The highest BCUT2D eigenvalue weighted by atomic mass is 16.5. The molecule has 1 atom stereocenters. The second-order valence-corrected chi connectivity index (χ2v) is 3.91. The van der Waals surface area contributed by atoms with E-state index in [1.165, 1.54) is 0 Å². The van der Waals surface area contributed by atoms with Crippen molar-refractivity contribution in [2.75, 3.05) is 5.32 Å². The number of amides is 1. The minimum Gasteiger partial charge on any atom is -0.360 e. The lowest BCUT2D eigenvalue weighted by molar-refractivity contribution is -0.121. The molecule has 1 heterocycles. The largest absolute Gasteiger partial charge is 0.360 e. The van der Waals surface area contributed by atoms with Crippen LogP contribution in [0, 0.1) is 0 Å². The van der Waals surface area contributed by atoms with Gasteiger partial charge in [0.25, 0.3) is 5.91 Å². The summed E-state index contributed by atoms with van der Waals surface area (Å²) in [5.41, 5.74) is 0.564. The first-order chi connectivity index (χ1) is 7.08. The number of nitrogens with zero attached hydrogens (tertiary/aromatic N) is 1. The molecule has 0 unspecified atom stereocenters. The fraction of sp³-hybridized carbons (Fsp3) is 0.364. The molecule has 4 nitrogen and oxygen atoms in total. The lowest BCUT2D eigenvalue weighted by Gasteiger charge is -2.41. The highest BCUT2D eigenvalue weighted by Gasteiger charge is 2.39. The standard InChI is InChI=1S/C11H14N2O2/c1-3-11(2)12-9-7-5-4-6-8(9)10(14)13(11)15/h4-7,12,15H,3H2,1-2H3/t11-/m0/s1. The van der Waals surface area contributed by atoms with Crippen molar-refractivity contribution in [3.8, 4) is 0 Å². The first-order valence-electron chi connectivity index (χ1n) is 4.99. The zero-order chi connectivity index (χ0) is 11.1. The van der Waals surface area contributed by atoms with E-state index >= 15 is 0 Å². The van der Waals surface area contributed by atoms with Crippen LogP contribution < -0.4 is 5.32 Å². The average Bonchev–Trinajstić information content (AvgIpc) is 2.26. The van der Waals surface area contributed by atoms with E-state index in [9.17, 15) is 10.0 Å². The van der Waals surface area contributed by atoms with Gasteiger partial charge in [0.05, 0.1) is 5.56 Å². The molecule has 2 N–H and O–H groups in total. The van der Waals surface area contributed by atoms with E-state index < -0.39 is 5.66 Å². The molecule has 0 saturated heterocycles. The first kappa shape index (κ1) is 9.98. The number of anilines is 1. The van der Waals surface area contributed by atoms with E-state index in [-0.39, 0.29) is 5.91 Å². The van der Waals surface area contributed by atoms with Crippen molar-refractivity contribution < 1.29 is 10.0 Å². The van der Waals surface area contributed by atoms with Gasteiger partial charge in [0.15, 0.2) is 0 Å². The Morgan fingerprint density at radius 2 is 2.13 bits per heavy atom. The predicted molar refractivity (Wildman–Crippen MR) is 56.7 cm³/mol. The molecular weight excluding hydrogens is 192 g/mol. The highest BCUT2D eigenvalue weighted by Crippen LogP contribution is 2.31. The summed E-state index contributed by atoms with van der Waals surface area (Å²) in [5, 5.41) is 13.7. The molecule has 80 valence electrons. The number of carbonyl (C=O) groups excluding carboxylic acids is 1. The Morgan fingerprint density at radius 3 is 2.80 bits per heavy atom. The van der Waals surface area contributed by atoms with Crippen molar-refractivity contribution in [1.29, 1.82) is 0 Å². The van der Waals surface area contributed by atoms with Crippen molar-refractivity contribution in [1.82, 2.24) is 5.06 Å². The third-order valence-corrected chi connectivity index (χ3v) is 2.91. The van der Waals surface area contributed by atoms with E-state index in [0.717, 1.165) is 10.8 Å². The molecule has 0 fully saturated rings. The Hall–Kier alpha value is -1.55. The molecule has 15 heavy (non-hydrogen) atoms. The molecule has 0 bridgehead atoms. The maximum absolute atomic E-state index is 11.8. The number of rotatable bonds is 1. The van der Waals surface area contributed by atoms with Crippen LogP contribution in [0.2, 0.25) is 0 Å². The first-order valence-corrected chi connectivity index (χ1v) is 4.99. The van der Waals surface area contributed by atoms with Crippen molar-refractivity contribution in [3.05, 3.63) is 29.8 Å². The molecular formula is C11H14N2O2. The molecule has 0 aromatic heterocycles.